The maximum atomic E-state index is 13.8. The molecule has 1 fully saturated rings. The van der Waals surface area contributed by atoms with Crippen LogP contribution >= 0.6 is 0 Å². The summed E-state index contributed by atoms with van der Waals surface area (Å²) in [5.41, 5.74) is 1.71. The van der Waals surface area contributed by atoms with Crippen LogP contribution in [0.5, 0.6) is 0 Å². The maximum Gasteiger partial charge on any atom is 0.259 e. The summed E-state index contributed by atoms with van der Waals surface area (Å²) in [6, 6.07) is 12.3. The molecule has 1 saturated heterocycles. The van der Waals surface area contributed by atoms with Crippen LogP contribution in [0.2, 0.25) is 0 Å². The third-order valence-corrected chi connectivity index (χ3v) is 6.08. The van der Waals surface area contributed by atoms with Gasteiger partial charge in [-0.3, -0.25) is 14.7 Å². The number of aryl methyl sites for hydroxylation is 1. The Bertz CT molecular complexity index is 1350. The Balaban J connectivity index is 1.32. The lowest BCUT2D eigenvalue weighted by Gasteiger charge is -2.30. The molecule has 0 saturated carbocycles. The van der Waals surface area contributed by atoms with E-state index in [9.17, 15) is 14.0 Å². The van der Waals surface area contributed by atoms with Crippen LogP contribution in [0.3, 0.4) is 0 Å². The number of piperidine rings is 1. The van der Waals surface area contributed by atoms with Crippen LogP contribution in [0.4, 0.5) is 4.39 Å². The number of hydrogen-bond donors (Lipinski definition) is 2. The van der Waals surface area contributed by atoms with Crippen molar-refractivity contribution >= 4 is 16.8 Å². The average molecular weight is 431 g/mol. The minimum atomic E-state index is -0.493. The molecule has 2 aromatic carbocycles. The van der Waals surface area contributed by atoms with Crippen LogP contribution < -0.4 is 5.43 Å². The molecule has 5 rings (SSSR count). The van der Waals surface area contributed by atoms with E-state index < -0.39 is 11.2 Å². The average Bonchev–Trinajstić information content (AvgIpc) is 3.30. The van der Waals surface area contributed by atoms with Gasteiger partial charge in [-0.25, -0.2) is 9.37 Å². The maximum absolute atomic E-state index is 13.8. The van der Waals surface area contributed by atoms with Crippen molar-refractivity contribution in [2.45, 2.75) is 25.7 Å². The fourth-order valence-corrected chi connectivity index (χ4v) is 4.33. The normalized spacial score (nSPS) is 14.8. The zero-order valence-electron chi connectivity index (χ0n) is 17.6. The molecule has 1 aliphatic rings. The van der Waals surface area contributed by atoms with Crippen molar-refractivity contribution in [1.82, 2.24) is 25.1 Å². The van der Waals surface area contributed by atoms with Crippen molar-refractivity contribution in [2.75, 3.05) is 13.1 Å². The predicted molar refractivity (Wildman–Crippen MR) is 119 cm³/mol. The van der Waals surface area contributed by atoms with Gasteiger partial charge in [-0.05, 0) is 37.5 Å². The summed E-state index contributed by atoms with van der Waals surface area (Å²) < 4.78 is 13.8. The van der Waals surface area contributed by atoms with E-state index >= 15 is 0 Å². The van der Waals surface area contributed by atoms with E-state index in [-0.39, 0.29) is 22.8 Å². The predicted octanol–water partition coefficient (Wildman–Crippen LogP) is 3.78. The minimum absolute atomic E-state index is 0.0342. The number of aromatic nitrogens is 4. The highest BCUT2D eigenvalue weighted by atomic mass is 19.1. The van der Waals surface area contributed by atoms with Gasteiger partial charge in [-0.2, -0.15) is 5.10 Å². The summed E-state index contributed by atoms with van der Waals surface area (Å²) in [7, 11) is 0. The molecule has 1 aliphatic heterocycles. The van der Waals surface area contributed by atoms with Gasteiger partial charge < -0.3 is 9.88 Å². The van der Waals surface area contributed by atoms with Gasteiger partial charge in [0.25, 0.3) is 5.91 Å². The molecule has 0 radical (unpaired) electrons. The number of aromatic amines is 2. The largest absolute Gasteiger partial charge is 0.360 e. The Morgan fingerprint density at radius 2 is 1.91 bits per heavy atom. The Morgan fingerprint density at radius 3 is 2.66 bits per heavy atom. The number of H-pyrrole nitrogens is 2. The van der Waals surface area contributed by atoms with Crippen molar-refractivity contribution in [3.05, 3.63) is 81.7 Å². The van der Waals surface area contributed by atoms with Crippen LogP contribution in [-0.2, 0) is 0 Å². The monoisotopic (exact) mass is 431 g/mol. The smallest absolute Gasteiger partial charge is 0.259 e. The molecule has 4 aromatic rings. The number of nitrogens with one attached hydrogen (secondary N) is 2. The van der Waals surface area contributed by atoms with E-state index in [1.807, 2.05) is 30.3 Å². The van der Waals surface area contributed by atoms with Crippen LogP contribution in [0.1, 0.15) is 40.5 Å². The van der Waals surface area contributed by atoms with Crippen LogP contribution in [0.25, 0.3) is 22.3 Å². The molecule has 1 amide bonds. The number of fused-ring (bicyclic) bond motifs is 1. The Morgan fingerprint density at radius 1 is 1.16 bits per heavy atom. The molecule has 32 heavy (non-hydrogen) atoms. The SMILES string of the molecule is Cc1cc(F)cc2c(=O)c(C(=O)N3CCC(c4nc(-c5ccccc5)n[nH]4)CC3)c[nH]c12. The van der Waals surface area contributed by atoms with E-state index in [1.165, 1.54) is 18.3 Å². The Kier molecular flexibility index (Phi) is 5.05. The standard InChI is InChI=1S/C24H22FN5O2/c1-14-11-17(25)12-18-20(14)26-13-19(21(18)31)24(32)30-9-7-16(8-10-30)23-27-22(28-29-23)15-5-3-2-4-6-15/h2-6,11-13,16H,7-10H2,1H3,(H,26,31)(H,27,28,29). The molecule has 0 unspecified atom stereocenters. The number of hydrogen-bond acceptors (Lipinski definition) is 4. The third kappa shape index (κ3) is 3.57. The van der Waals surface area contributed by atoms with Crippen LogP contribution in [0.15, 0.2) is 53.5 Å². The summed E-state index contributed by atoms with van der Waals surface area (Å²) in [4.78, 5) is 35.2. The number of carbonyl (C=O) groups excluding carboxylic acids is 1. The molecular weight excluding hydrogens is 409 g/mol. The number of carbonyl (C=O) groups is 1. The lowest BCUT2D eigenvalue weighted by molar-refractivity contribution is 0.0709. The summed E-state index contributed by atoms with van der Waals surface area (Å²) >= 11 is 0. The quantitative estimate of drug-likeness (QED) is 0.516. The number of likely N-dealkylation sites (tertiary alicyclic amines) is 1. The molecule has 8 heteroatoms. The van der Waals surface area contributed by atoms with Gasteiger partial charge in [0, 0.05) is 36.2 Å². The number of pyridine rings is 1. The van der Waals surface area contributed by atoms with Gasteiger partial charge in [0.1, 0.15) is 17.2 Å². The Labute approximate surface area is 183 Å². The lowest BCUT2D eigenvalue weighted by Crippen LogP contribution is -2.40. The molecule has 2 N–H and O–H groups in total. The fraction of sp³-hybridized carbons (Fsp3) is 0.250. The first-order valence-electron chi connectivity index (χ1n) is 10.6. The summed E-state index contributed by atoms with van der Waals surface area (Å²) in [6.07, 6.45) is 2.87. The molecule has 3 heterocycles. The second kappa shape index (κ2) is 8.03. The number of nitrogens with zero attached hydrogens (tertiary/aromatic N) is 3. The van der Waals surface area contributed by atoms with Crippen molar-refractivity contribution in [3.8, 4) is 11.4 Å². The highest BCUT2D eigenvalue weighted by Gasteiger charge is 2.28. The molecule has 2 aromatic heterocycles. The first-order chi connectivity index (χ1) is 15.5. The molecule has 0 aliphatic carbocycles. The van der Waals surface area contributed by atoms with Crippen molar-refractivity contribution in [2.24, 2.45) is 0 Å². The van der Waals surface area contributed by atoms with Gasteiger partial charge in [0.2, 0.25) is 5.43 Å². The van der Waals surface area contributed by atoms with Crippen LogP contribution in [-0.4, -0.2) is 44.1 Å². The second-order valence-corrected chi connectivity index (χ2v) is 8.15. The van der Waals surface area contributed by atoms with Gasteiger partial charge in [0.05, 0.1) is 5.52 Å². The summed E-state index contributed by atoms with van der Waals surface area (Å²) in [5.74, 6) is 0.800. The van der Waals surface area contributed by atoms with E-state index in [4.69, 9.17) is 0 Å². The zero-order chi connectivity index (χ0) is 22.2. The number of benzene rings is 2. The highest BCUT2D eigenvalue weighted by molar-refractivity contribution is 5.97. The number of halogens is 1. The highest BCUT2D eigenvalue weighted by Crippen LogP contribution is 2.27. The topological polar surface area (TPSA) is 94.7 Å². The van der Waals surface area contributed by atoms with Gasteiger partial charge >= 0.3 is 0 Å². The minimum Gasteiger partial charge on any atom is -0.360 e. The molecule has 0 atom stereocenters. The number of rotatable bonds is 3. The van der Waals surface area contributed by atoms with Crippen LogP contribution in [0, 0.1) is 12.7 Å². The fourth-order valence-electron chi connectivity index (χ4n) is 4.33. The summed E-state index contributed by atoms with van der Waals surface area (Å²) in [5, 5.41) is 7.55. The second-order valence-electron chi connectivity index (χ2n) is 8.15. The van der Waals surface area contributed by atoms with E-state index in [0.29, 0.717) is 42.8 Å². The van der Waals surface area contributed by atoms with E-state index in [2.05, 4.69) is 20.2 Å². The number of amides is 1. The molecule has 7 nitrogen and oxygen atoms in total. The van der Waals surface area contributed by atoms with Gasteiger partial charge in [-0.15, -0.1) is 0 Å². The van der Waals surface area contributed by atoms with E-state index in [0.717, 1.165) is 11.4 Å². The lowest BCUT2D eigenvalue weighted by atomic mass is 9.95. The summed E-state index contributed by atoms with van der Waals surface area (Å²) in [6.45, 7) is 2.73. The first-order valence-corrected chi connectivity index (χ1v) is 10.6. The van der Waals surface area contributed by atoms with Gasteiger partial charge in [0.15, 0.2) is 5.82 Å². The molecule has 0 spiro atoms. The molecule has 162 valence electrons. The van der Waals surface area contributed by atoms with Gasteiger partial charge in [-0.1, -0.05) is 30.3 Å². The first kappa shape index (κ1) is 20.1. The van der Waals surface area contributed by atoms with Crippen molar-refractivity contribution < 1.29 is 9.18 Å². The van der Waals surface area contributed by atoms with Crippen molar-refractivity contribution in [3.63, 3.8) is 0 Å². The van der Waals surface area contributed by atoms with E-state index in [1.54, 1.807) is 11.8 Å². The molecular formula is C24H22FN5O2. The third-order valence-electron chi connectivity index (χ3n) is 6.08. The molecule has 0 bridgehead atoms. The van der Waals surface area contributed by atoms with Crippen molar-refractivity contribution in [1.29, 1.82) is 0 Å². The Hall–Kier alpha value is -3.81. The zero-order valence-corrected chi connectivity index (χ0v) is 17.6.